The highest BCUT2D eigenvalue weighted by molar-refractivity contribution is 7.85. The summed E-state index contributed by atoms with van der Waals surface area (Å²) in [4.78, 5) is 0. The van der Waals surface area contributed by atoms with Crippen LogP contribution in [0.4, 0.5) is 0 Å². The van der Waals surface area contributed by atoms with Gasteiger partial charge in [0.25, 0.3) is 0 Å². The molecule has 0 unspecified atom stereocenters. The molecule has 6 nitrogen and oxygen atoms in total. The van der Waals surface area contributed by atoms with Crippen molar-refractivity contribution in [3.05, 3.63) is 5.82 Å². The van der Waals surface area contributed by atoms with E-state index >= 15 is 0 Å². The van der Waals surface area contributed by atoms with Crippen molar-refractivity contribution in [3.8, 4) is 0 Å². The maximum absolute atomic E-state index is 11.3. The summed E-state index contributed by atoms with van der Waals surface area (Å²) in [5.74, 6) is 3.03. The minimum absolute atomic E-state index is 0.313. The topological polar surface area (TPSA) is 72.7 Å². The zero-order chi connectivity index (χ0) is 13.0. The van der Waals surface area contributed by atoms with Gasteiger partial charge in [0.15, 0.2) is 5.82 Å². The second kappa shape index (κ2) is 6.38. The number of hydrogen-bond donors (Lipinski definition) is 1. The number of nitrogens with one attached hydrogen (secondary N) is 1. The molecule has 0 amide bonds. The second-order valence-corrected chi connectivity index (χ2v) is 6.84. The molecule has 1 aliphatic heterocycles. The van der Waals surface area contributed by atoms with Gasteiger partial charge < -0.3 is 5.32 Å². The summed E-state index contributed by atoms with van der Waals surface area (Å²) >= 11 is 0. The Morgan fingerprint density at radius 1 is 1.44 bits per heavy atom. The van der Waals surface area contributed by atoms with Crippen LogP contribution in [0.3, 0.4) is 0 Å². The van der Waals surface area contributed by atoms with Crippen LogP contribution in [0.1, 0.15) is 38.6 Å². The van der Waals surface area contributed by atoms with Crippen LogP contribution in [0.15, 0.2) is 0 Å². The third-order valence-corrected chi connectivity index (χ3v) is 4.48. The van der Waals surface area contributed by atoms with Crippen molar-refractivity contribution in [3.63, 3.8) is 0 Å². The summed E-state index contributed by atoms with van der Waals surface area (Å²) in [6.07, 6.45) is 1.82. The molecule has 0 aliphatic carbocycles. The molecule has 0 atom stereocenters. The molecule has 1 fully saturated rings. The second-order valence-electron chi connectivity index (χ2n) is 5.14. The molecule has 0 saturated carbocycles. The van der Waals surface area contributed by atoms with Crippen LogP contribution in [0, 0.1) is 5.92 Å². The summed E-state index contributed by atoms with van der Waals surface area (Å²) in [5.41, 5.74) is 0. The van der Waals surface area contributed by atoms with Gasteiger partial charge in [-0.15, -0.1) is 5.10 Å². The molecular formula is C11H21N5OS. The molecule has 1 aliphatic rings. The molecule has 18 heavy (non-hydrogen) atoms. The zero-order valence-electron chi connectivity index (χ0n) is 11.0. The summed E-state index contributed by atoms with van der Waals surface area (Å²) in [6.45, 7) is 6.01. The first kappa shape index (κ1) is 13.6. The van der Waals surface area contributed by atoms with Crippen LogP contribution in [-0.2, 0) is 17.3 Å². The van der Waals surface area contributed by atoms with Crippen molar-refractivity contribution >= 4 is 10.8 Å². The van der Waals surface area contributed by atoms with E-state index in [1.54, 1.807) is 0 Å². The fourth-order valence-corrected chi connectivity index (χ4v) is 3.38. The molecule has 1 N–H and O–H groups in total. The van der Waals surface area contributed by atoms with E-state index in [4.69, 9.17) is 0 Å². The van der Waals surface area contributed by atoms with E-state index in [1.807, 2.05) is 4.68 Å². The Morgan fingerprint density at radius 2 is 2.17 bits per heavy atom. The number of rotatable bonds is 5. The third kappa shape index (κ3) is 3.58. The Labute approximate surface area is 110 Å². The van der Waals surface area contributed by atoms with E-state index in [2.05, 4.69) is 34.7 Å². The van der Waals surface area contributed by atoms with Gasteiger partial charge in [0.2, 0.25) is 0 Å². The van der Waals surface area contributed by atoms with Gasteiger partial charge in [-0.05, 0) is 35.7 Å². The van der Waals surface area contributed by atoms with Crippen LogP contribution in [-0.4, -0.2) is 42.5 Å². The summed E-state index contributed by atoms with van der Waals surface area (Å²) in [5, 5.41) is 15.3. The van der Waals surface area contributed by atoms with E-state index in [9.17, 15) is 4.21 Å². The predicted molar refractivity (Wildman–Crippen MR) is 70.5 cm³/mol. The van der Waals surface area contributed by atoms with Crippen LogP contribution in [0.5, 0.6) is 0 Å². The molecule has 0 aromatic carbocycles. The standard InChI is InChI=1S/C11H21N5OS/c1-9(2)7-12-8-11-13-14-15-16(11)10-3-5-18(17)6-4-10/h9-10,12H,3-8H2,1-2H3. The monoisotopic (exact) mass is 271 g/mol. The highest BCUT2D eigenvalue weighted by atomic mass is 32.2. The van der Waals surface area contributed by atoms with Gasteiger partial charge in [0.1, 0.15) is 0 Å². The Kier molecular flexibility index (Phi) is 4.82. The molecule has 7 heteroatoms. The first-order valence-electron chi connectivity index (χ1n) is 6.49. The molecule has 1 aromatic heterocycles. The van der Waals surface area contributed by atoms with E-state index in [0.717, 1.165) is 36.7 Å². The highest BCUT2D eigenvalue weighted by Gasteiger charge is 2.22. The average Bonchev–Trinajstić information content (AvgIpc) is 2.78. The van der Waals surface area contributed by atoms with E-state index in [-0.39, 0.29) is 0 Å². The molecule has 1 aromatic rings. The largest absolute Gasteiger partial charge is 0.310 e. The van der Waals surface area contributed by atoms with Crippen molar-refractivity contribution in [2.45, 2.75) is 39.3 Å². The van der Waals surface area contributed by atoms with Gasteiger partial charge in [0, 0.05) is 22.3 Å². The number of hydrogen-bond acceptors (Lipinski definition) is 5. The molecule has 102 valence electrons. The molecule has 2 heterocycles. The van der Waals surface area contributed by atoms with Crippen molar-refractivity contribution in [2.75, 3.05) is 18.1 Å². The molecular weight excluding hydrogens is 250 g/mol. The first-order valence-corrected chi connectivity index (χ1v) is 7.98. The van der Waals surface area contributed by atoms with Crippen LogP contribution in [0.25, 0.3) is 0 Å². The lowest BCUT2D eigenvalue weighted by Crippen LogP contribution is -2.27. The molecule has 0 spiro atoms. The van der Waals surface area contributed by atoms with Gasteiger partial charge in [-0.1, -0.05) is 13.8 Å². The predicted octanol–water partition coefficient (Wildman–Crippen LogP) is 0.502. The van der Waals surface area contributed by atoms with Crippen molar-refractivity contribution < 1.29 is 4.21 Å². The Balaban J connectivity index is 1.92. The minimum atomic E-state index is -0.638. The fraction of sp³-hybridized carbons (Fsp3) is 0.909. The SMILES string of the molecule is CC(C)CNCc1nnnn1C1CCS(=O)CC1. The lowest BCUT2D eigenvalue weighted by Gasteiger charge is -2.22. The maximum Gasteiger partial charge on any atom is 0.165 e. The molecule has 0 bridgehead atoms. The van der Waals surface area contributed by atoms with E-state index in [0.29, 0.717) is 18.5 Å². The van der Waals surface area contributed by atoms with E-state index < -0.39 is 10.8 Å². The van der Waals surface area contributed by atoms with Crippen molar-refractivity contribution in [1.82, 2.24) is 25.5 Å². The minimum Gasteiger partial charge on any atom is -0.310 e. The number of tetrazole rings is 1. The zero-order valence-corrected chi connectivity index (χ0v) is 11.8. The summed E-state index contributed by atoms with van der Waals surface area (Å²) in [6, 6.07) is 0.313. The maximum atomic E-state index is 11.3. The Morgan fingerprint density at radius 3 is 2.83 bits per heavy atom. The summed E-state index contributed by atoms with van der Waals surface area (Å²) in [7, 11) is -0.638. The van der Waals surface area contributed by atoms with Crippen molar-refractivity contribution in [1.29, 1.82) is 0 Å². The van der Waals surface area contributed by atoms with Crippen LogP contribution in [0.2, 0.25) is 0 Å². The highest BCUT2D eigenvalue weighted by Crippen LogP contribution is 2.21. The van der Waals surface area contributed by atoms with Gasteiger partial charge >= 0.3 is 0 Å². The number of nitrogens with zero attached hydrogens (tertiary/aromatic N) is 4. The first-order chi connectivity index (χ1) is 8.66. The Hall–Kier alpha value is -0.820. The van der Waals surface area contributed by atoms with Gasteiger partial charge in [-0.2, -0.15) is 0 Å². The third-order valence-electron chi connectivity index (χ3n) is 3.10. The normalized spacial score (nSPS) is 24.6. The fourth-order valence-electron chi connectivity index (χ4n) is 2.11. The Bertz CT molecular complexity index is 396. The van der Waals surface area contributed by atoms with Gasteiger partial charge in [0.05, 0.1) is 12.6 Å². The van der Waals surface area contributed by atoms with Gasteiger partial charge in [-0.25, -0.2) is 4.68 Å². The summed E-state index contributed by atoms with van der Waals surface area (Å²) < 4.78 is 13.3. The average molecular weight is 271 g/mol. The molecule has 0 radical (unpaired) electrons. The molecule has 2 rings (SSSR count). The van der Waals surface area contributed by atoms with E-state index in [1.165, 1.54) is 0 Å². The van der Waals surface area contributed by atoms with Crippen LogP contribution < -0.4 is 5.32 Å². The van der Waals surface area contributed by atoms with Crippen LogP contribution >= 0.6 is 0 Å². The lowest BCUT2D eigenvalue weighted by atomic mass is 10.1. The quantitative estimate of drug-likeness (QED) is 0.844. The molecule has 1 saturated heterocycles. The lowest BCUT2D eigenvalue weighted by molar-refractivity contribution is 0.392. The number of aromatic nitrogens is 4. The van der Waals surface area contributed by atoms with Crippen molar-refractivity contribution in [2.24, 2.45) is 5.92 Å². The van der Waals surface area contributed by atoms with Gasteiger partial charge in [-0.3, -0.25) is 4.21 Å². The smallest absolute Gasteiger partial charge is 0.165 e.